The molecule has 4 nitrogen and oxygen atoms in total. The first-order valence-electron chi connectivity index (χ1n) is 6.00. The van der Waals surface area contributed by atoms with Crippen molar-refractivity contribution in [3.05, 3.63) is 34.3 Å². The third-order valence-electron chi connectivity index (χ3n) is 3.02. The molecule has 1 N–H and O–H groups in total. The molecule has 0 radical (unpaired) electrons. The lowest BCUT2D eigenvalue weighted by Gasteiger charge is -2.17. The standard InChI is InChI=1S/C15H14Cl2O4/c1-19-12-5-4-9(14(20-2)15(12)21-3)10-6-8(16)7-11(17)13(10)18/h4-7,18H,1-3H3. The first kappa shape index (κ1) is 15.6. The second kappa shape index (κ2) is 6.33. The van der Waals surface area contributed by atoms with Crippen LogP contribution in [0.3, 0.4) is 0 Å². The summed E-state index contributed by atoms with van der Waals surface area (Å²) in [5.74, 6) is 1.29. The Labute approximate surface area is 132 Å². The lowest BCUT2D eigenvalue weighted by molar-refractivity contribution is 0.325. The number of methoxy groups -OCH3 is 3. The SMILES string of the molecule is COc1ccc(-c2cc(Cl)cc(Cl)c2O)c(OC)c1OC. The minimum Gasteiger partial charge on any atom is -0.506 e. The van der Waals surface area contributed by atoms with Crippen molar-refractivity contribution >= 4 is 23.2 Å². The predicted octanol–water partition coefficient (Wildman–Crippen LogP) is 4.39. The zero-order valence-corrected chi connectivity index (χ0v) is 13.2. The maximum atomic E-state index is 10.2. The van der Waals surface area contributed by atoms with E-state index in [1.54, 1.807) is 18.2 Å². The Balaban J connectivity index is 2.76. The summed E-state index contributed by atoms with van der Waals surface area (Å²) >= 11 is 12.0. The summed E-state index contributed by atoms with van der Waals surface area (Å²) in [5.41, 5.74) is 1.04. The van der Waals surface area contributed by atoms with Gasteiger partial charge in [-0.25, -0.2) is 0 Å². The Bertz CT molecular complexity index is 671. The first-order valence-corrected chi connectivity index (χ1v) is 6.76. The summed E-state index contributed by atoms with van der Waals surface area (Å²) in [6.45, 7) is 0. The molecule has 112 valence electrons. The fourth-order valence-corrected chi connectivity index (χ4v) is 2.58. The van der Waals surface area contributed by atoms with E-state index in [0.29, 0.717) is 33.4 Å². The first-order chi connectivity index (χ1) is 10.0. The molecular formula is C15H14Cl2O4. The molecule has 0 saturated heterocycles. The molecule has 0 heterocycles. The second-order valence-electron chi connectivity index (χ2n) is 4.17. The molecule has 0 aliphatic rings. The van der Waals surface area contributed by atoms with Crippen LogP contribution in [0.5, 0.6) is 23.0 Å². The van der Waals surface area contributed by atoms with Gasteiger partial charge in [-0.05, 0) is 24.3 Å². The van der Waals surface area contributed by atoms with Gasteiger partial charge in [0.15, 0.2) is 11.5 Å². The van der Waals surface area contributed by atoms with Crippen LogP contribution in [-0.2, 0) is 0 Å². The van der Waals surface area contributed by atoms with Crippen molar-refractivity contribution in [1.82, 2.24) is 0 Å². The Morgan fingerprint density at radius 1 is 0.857 bits per heavy atom. The van der Waals surface area contributed by atoms with Crippen molar-refractivity contribution in [2.75, 3.05) is 21.3 Å². The van der Waals surface area contributed by atoms with Crippen LogP contribution in [0.25, 0.3) is 11.1 Å². The van der Waals surface area contributed by atoms with Crippen molar-refractivity contribution in [3.63, 3.8) is 0 Å². The number of rotatable bonds is 4. The Hall–Kier alpha value is -1.78. The van der Waals surface area contributed by atoms with E-state index in [0.717, 1.165) is 0 Å². The van der Waals surface area contributed by atoms with Gasteiger partial charge in [-0.15, -0.1) is 0 Å². The molecule has 2 aromatic carbocycles. The third kappa shape index (κ3) is 2.82. The molecule has 2 aromatic rings. The molecule has 0 atom stereocenters. The summed E-state index contributed by atoms with van der Waals surface area (Å²) in [5, 5.41) is 10.7. The van der Waals surface area contributed by atoms with Gasteiger partial charge in [0, 0.05) is 16.1 Å². The number of hydrogen-bond donors (Lipinski definition) is 1. The largest absolute Gasteiger partial charge is 0.506 e. The summed E-state index contributed by atoms with van der Waals surface area (Å²) in [7, 11) is 4.55. The van der Waals surface area contributed by atoms with Crippen LogP contribution in [0, 0.1) is 0 Å². The molecule has 0 aliphatic carbocycles. The molecule has 2 rings (SSSR count). The smallest absolute Gasteiger partial charge is 0.203 e. The van der Waals surface area contributed by atoms with E-state index in [1.807, 2.05) is 0 Å². The third-order valence-corrected chi connectivity index (χ3v) is 3.53. The highest BCUT2D eigenvalue weighted by Gasteiger charge is 2.20. The number of phenolic OH excluding ortho intramolecular Hbond substituents is 1. The topological polar surface area (TPSA) is 47.9 Å². The number of ether oxygens (including phenoxy) is 3. The molecule has 6 heteroatoms. The molecule has 0 aliphatic heterocycles. The Kier molecular flexibility index (Phi) is 4.70. The highest BCUT2D eigenvalue weighted by molar-refractivity contribution is 6.36. The Morgan fingerprint density at radius 3 is 2.10 bits per heavy atom. The quantitative estimate of drug-likeness (QED) is 0.904. The Morgan fingerprint density at radius 2 is 1.52 bits per heavy atom. The molecule has 0 bridgehead atoms. The average Bonchev–Trinajstić information content (AvgIpc) is 2.49. The van der Waals surface area contributed by atoms with E-state index in [2.05, 4.69) is 0 Å². The van der Waals surface area contributed by atoms with Crippen molar-refractivity contribution < 1.29 is 19.3 Å². The van der Waals surface area contributed by atoms with Gasteiger partial charge in [0.1, 0.15) is 5.75 Å². The van der Waals surface area contributed by atoms with Gasteiger partial charge >= 0.3 is 0 Å². The molecule has 0 aromatic heterocycles. The minimum atomic E-state index is -0.0772. The summed E-state index contributed by atoms with van der Waals surface area (Å²) in [6, 6.07) is 6.52. The van der Waals surface area contributed by atoms with Gasteiger partial charge in [-0.2, -0.15) is 0 Å². The van der Waals surface area contributed by atoms with Crippen LogP contribution < -0.4 is 14.2 Å². The molecule has 0 spiro atoms. The van der Waals surface area contributed by atoms with Crippen molar-refractivity contribution in [2.24, 2.45) is 0 Å². The molecule has 0 saturated carbocycles. The lowest BCUT2D eigenvalue weighted by atomic mass is 10.0. The number of phenols is 1. The van der Waals surface area contributed by atoms with Crippen LogP contribution >= 0.6 is 23.2 Å². The van der Waals surface area contributed by atoms with Gasteiger partial charge in [0.2, 0.25) is 5.75 Å². The number of aromatic hydroxyl groups is 1. The fourth-order valence-electron chi connectivity index (χ4n) is 2.08. The van der Waals surface area contributed by atoms with Crippen molar-refractivity contribution in [3.8, 4) is 34.1 Å². The maximum Gasteiger partial charge on any atom is 0.203 e. The molecular weight excluding hydrogens is 315 g/mol. The molecule has 0 amide bonds. The number of halogens is 2. The van der Waals surface area contributed by atoms with E-state index in [9.17, 15) is 5.11 Å². The second-order valence-corrected chi connectivity index (χ2v) is 5.01. The van der Waals surface area contributed by atoms with E-state index in [-0.39, 0.29) is 10.8 Å². The monoisotopic (exact) mass is 328 g/mol. The molecule has 0 unspecified atom stereocenters. The summed E-state index contributed by atoms with van der Waals surface area (Å²) < 4.78 is 15.9. The maximum absolute atomic E-state index is 10.2. The van der Waals surface area contributed by atoms with Crippen LogP contribution in [0.2, 0.25) is 10.0 Å². The van der Waals surface area contributed by atoms with Gasteiger partial charge in [-0.3, -0.25) is 0 Å². The molecule has 0 fully saturated rings. The van der Waals surface area contributed by atoms with E-state index >= 15 is 0 Å². The normalized spacial score (nSPS) is 10.3. The van der Waals surface area contributed by atoms with Gasteiger partial charge in [0.05, 0.1) is 26.4 Å². The lowest BCUT2D eigenvalue weighted by Crippen LogP contribution is -1.97. The van der Waals surface area contributed by atoms with E-state index in [1.165, 1.54) is 27.4 Å². The van der Waals surface area contributed by atoms with E-state index in [4.69, 9.17) is 37.4 Å². The zero-order chi connectivity index (χ0) is 15.6. The van der Waals surface area contributed by atoms with Crippen LogP contribution in [0.15, 0.2) is 24.3 Å². The van der Waals surface area contributed by atoms with Crippen LogP contribution in [0.1, 0.15) is 0 Å². The van der Waals surface area contributed by atoms with Gasteiger partial charge in [-0.1, -0.05) is 23.2 Å². The predicted molar refractivity (Wildman–Crippen MR) is 83.2 cm³/mol. The number of benzene rings is 2. The zero-order valence-electron chi connectivity index (χ0n) is 11.7. The molecule has 21 heavy (non-hydrogen) atoms. The van der Waals surface area contributed by atoms with E-state index < -0.39 is 0 Å². The highest BCUT2D eigenvalue weighted by atomic mass is 35.5. The van der Waals surface area contributed by atoms with Crippen LogP contribution in [-0.4, -0.2) is 26.4 Å². The fraction of sp³-hybridized carbons (Fsp3) is 0.200. The number of hydrogen-bond acceptors (Lipinski definition) is 4. The minimum absolute atomic E-state index is 0.0772. The van der Waals surface area contributed by atoms with Gasteiger partial charge in [0.25, 0.3) is 0 Å². The average molecular weight is 329 g/mol. The summed E-state index contributed by atoms with van der Waals surface area (Å²) in [6.07, 6.45) is 0. The highest BCUT2D eigenvalue weighted by Crippen LogP contribution is 2.48. The van der Waals surface area contributed by atoms with Crippen molar-refractivity contribution in [1.29, 1.82) is 0 Å². The van der Waals surface area contributed by atoms with Crippen LogP contribution in [0.4, 0.5) is 0 Å². The van der Waals surface area contributed by atoms with Gasteiger partial charge < -0.3 is 19.3 Å². The van der Waals surface area contributed by atoms with Crippen molar-refractivity contribution in [2.45, 2.75) is 0 Å². The summed E-state index contributed by atoms with van der Waals surface area (Å²) in [4.78, 5) is 0.